The second-order valence-electron chi connectivity index (χ2n) is 13.0. The first kappa shape index (κ1) is 28.7. The van der Waals surface area contributed by atoms with E-state index in [1.165, 1.54) is 30.2 Å². The summed E-state index contributed by atoms with van der Waals surface area (Å²) in [5, 5.41) is 0. The predicted octanol–water partition coefficient (Wildman–Crippen LogP) is 6.79. The van der Waals surface area contributed by atoms with Gasteiger partial charge in [-0.05, 0) is 87.2 Å². The number of benzene rings is 1. The lowest BCUT2D eigenvalue weighted by atomic mass is 9.46. The van der Waals surface area contributed by atoms with Gasteiger partial charge in [-0.2, -0.15) is 0 Å². The lowest BCUT2D eigenvalue weighted by molar-refractivity contribution is -0.157. The highest BCUT2D eigenvalue weighted by Crippen LogP contribution is 2.62. The molecule has 1 aromatic carbocycles. The van der Waals surface area contributed by atoms with Crippen molar-refractivity contribution in [3.8, 4) is 0 Å². The Bertz CT molecular complexity index is 996. The molecule has 0 bridgehead atoms. The molecule has 0 N–H and O–H groups in total. The van der Waals surface area contributed by atoms with Crippen molar-refractivity contribution in [2.45, 2.75) is 86.0 Å². The van der Waals surface area contributed by atoms with Crippen molar-refractivity contribution < 1.29 is 14.3 Å². The van der Waals surface area contributed by atoms with Crippen LogP contribution in [0.2, 0.25) is 0 Å². The first-order valence-electron chi connectivity index (χ1n) is 15.0. The number of ether oxygens (including phenoxy) is 1. The Balaban J connectivity index is 1.41. The molecule has 0 spiro atoms. The molecule has 3 fully saturated rings. The molecule has 1 aliphatic heterocycles. The van der Waals surface area contributed by atoms with Crippen molar-refractivity contribution in [2.24, 2.45) is 28.6 Å². The summed E-state index contributed by atoms with van der Waals surface area (Å²) in [6.45, 7) is 19.1. The highest BCUT2D eigenvalue weighted by Gasteiger charge is 2.57. The summed E-state index contributed by atoms with van der Waals surface area (Å²) in [5.74, 6) is 1.56. The number of piperazine rings is 1. The van der Waals surface area contributed by atoms with Gasteiger partial charge in [0.2, 0.25) is 5.91 Å². The minimum absolute atomic E-state index is 0.122. The first-order chi connectivity index (χ1) is 18.0. The summed E-state index contributed by atoms with van der Waals surface area (Å²) in [4.78, 5) is 29.9. The molecule has 4 rings (SSSR count). The Morgan fingerprint density at radius 1 is 1.08 bits per heavy atom. The fourth-order valence-corrected chi connectivity index (χ4v) is 8.02. The van der Waals surface area contributed by atoms with E-state index < -0.39 is 0 Å². The third-order valence-corrected chi connectivity index (χ3v) is 10.3. The monoisotopic (exact) mass is 522 g/mol. The number of carbonyl (C=O) groups is 2. The average molecular weight is 523 g/mol. The maximum absolute atomic E-state index is 14.2. The van der Waals surface area contributed by atoms with Crippen LogP contribution in [0.5, 0.6) is 0 Å². The largest absolute Gasteiger partial charge is 0.466 e. The van der Waals surface area contributed by atoms with Crippen molar-refractivity contribution >= 4 is 17.6 Å². The summed E-state index contributed by atoms with van der Waals surface area (Å²) in [7, 11) is 0. The molecule has 0 aromatic heterocycles. The third kappa shape index (κ3) is 5.97. The van der Waals surface area contributed by atoms with Crippen LogP contribution in [-0.2, 0) is 14.3 Å². The van der Waals surface area contributed by atoms with Crippen molar-refractivity contribution in [3.05, 3.63) is 42.0 Å². The van der Waals surface area contributed by atoms with Crippen LogP contribution in [0.25, 0.3) is 0 Å². The lowest BCUT2D eigenvalue weighted by Gasteiger charge is -2.59. The molecule has 5 atom stereocenters. The summed E-state index contributed by atoms with van der Waals surface area (Å²) in [6, 6.07) is 8.75. The van der Waals surface area contributed by atoms with Crippen LogP contribution < -0.4 is 4.90 Å². The van der Waals surface area contributed by atoms with Crippen LogP contribution in [0.3, 0.4) is 0 Å². The summed E-state index contributed by atoms with van der Waals surface area (Å²) >= 11 is 0. The van der Waals surface area contributed by atoms with Gasteiger partial charge in [-0.15, -0.1) is 0 Å². The molecular weight excluding hydrogens is 472 g/mol. The number of hydrogen-bond donors (Lipinski definition) is 0. The van der Waals surface area contributed by atoms with Gasteiger partial charge in [0, 0.05) is 44.2 Å². The van der Waals surface area contributed by atoms with Crippen molar-refractivity contribution in [1.29, 1.82) is 0 Å². The van der Waals surface area contributed by atoms with E-state index in [4.69, 9.17) is 4.74 Å². The maximum atomic E-state index is 14.2. The number of esters is 1. The van der Waals surface area contributed by atoms with Crippen molar-refractivity contribution in [3.63, 3.8) is 0 Å². The van der Waals surface area contributed by atoms with E-state index in [9.17, 15) is 9.59 Å². The SMILES string of the molecule is C=C1CC[C@@H]2[C@](C)(CCC[C@]2(C)C(=O)N2CCN(c3ccc(C)cc3)CC2)[C@H]1CC[C@H](C)CCOC(C)=O. The number of carbonyl (C=O) groups excluding carboxylic acids is 2. The van der Waals surface area contributed by atoms with E-state index >= 15 is 0 Å². The van der Waals surface area contributed by atoms with Crippen LogP contribution >= 0.6 is 0 Å². The predicted molar refractivity (Wildman–Crippen MR) is 155 cm³/mol. The molecule has 0 radical (unpaired) electrons. The molecule has 5 heteroatoms. The van der Waals surface area contributed by atoms with Crippen LogP contribution in [-0.4, -0.2) is 49.6 Å². The summed E-state index contributed by atoms with van der Waals surface area (Å²) < 4.78 is 5.18. The van der Waals surface area contributed by atoms with Crippen molar-refractivity contribution in [1.82, 2.24) is 4.90 Å². The minimum Gasteiger partial charge on any atom is -0.466 e. The molecule has 2 aliphatic carbocycles. The summed E-state index contributed by atoms with van der Waals surface area (Å²) in [5.41, 5.74) is 3.76. The Morgan fingerprint density at radius 2 is 1.76 bits per heavy atom. The molecule has 1 aromatic rings. The van der Waals surface area contributed by atoms with Gasteiger partial charge < -0.3 is 14.5 Å². The van der Waals surface area contributed by atoms with Crippen LogP contribution in [0, 0.1) is 35.5 Å². The quantitative estimate of drug-likeness (QED) is 0.279. The van der Waals surface area contributed by atoms with Gasteiger partial charge in [0.15, 0.2) is 0 Å². The number of anilines is 1. The molecule has 0 unspecified atom stereocenters. The van der Waals surface area contributed by atoms with Gasteiger partial charge in [0.1, 0.15) is 0 Å². The van der Waals surface area contributed by atoms with E-state index in [0.717, 1.165) is 71.1 Å². The highest BCUT2D eigenvalue weighted by atomic mass is 16.5. The normalized spacial score (nSPS) is 30.5. The lowest BCUT2D eigenvalue weighted by Crippen LogP contribution is -2.59. The second-order valence-corrected chi connectivity index (χ2v) is 13.0. The topological polar surface area (TPSA) is 49.9 Å². The zero-order valence-electron chi connectivity index (χ0n) is 24.6. The molecule has 38 heavy (non-hydrogen) atoms. The number of allylic oxidation sites excluding steroid dienone is 1. The smallest absolute Gasteiger partial charge is 0.302 e. The van der Waals surface area contributed by atoms with Crippen molar-refractivity contribution in [2.75, 3.05) is 37.7 Å². The van der Waals surface area contributed by atoms with Gasteiger partial charge >= 0.3 is 5.97 Å². The van der Waals surface area contributed by atoms with Gasteiger partial charge in [0.25, 0.3) is 0 Å². The zero-order valence-corrected chi connectivity index (χ0v) is 24.6. The maximum Gasteiger partial charge on any atom is 0.302 e. The number of amides is 1. The van der Waals surface area contributed by atoms with E-state index in [1.807, 2.05) is 0 Å². The Labute approximate surface area is 231 Å². The Morgan fingerprint density at radius 3 is 2.42 bits per heavy atom. The molecule has 2 saturated carbocycles. The van der Waals surface area contributed by atoms with Gasteiger partial charge in [0.05, 0.1) is 6.61 Å². The van der Waals surface area contributed by atoms with Crippen LogP contribution in [0.1, 0.15) is 84.6 Å². The average Bonchev–Trinajstić information content (AvgIpc) is 2.88. The standard InChI is InChI=1S/C33H50N2O3/c1-24-8-12-28(13-9-24)34-19-21-35(22-20-34)31(37)33(6)18-7-17-32(5)29(26(3)11-15-30(32)33)14-10-25(2)16-23-38-27(4)36/h8-9,12-13,25,29-30H,3,7,10-11,14-23H2,1-2,4-6H3/t25-,29-,30+,32+,33-/m0/s1. The number of aryl methyl sites for hydroxylation is 1. The van der Waals surface area contributed by atoms with E-state index in [2.05, 4.69) is 68.3 Å². The number of rotatable bonds is 8. The van der Waals surface area contributed by atoms with Crippen LogP contribution in [0.4, 0.5) is 5.69 Å². The highest BCUT2D eigenvalue weighted by molar-refractivity contribution is 5.83. The Kier molecular flexibility index (Phi) is 8.94. The molecule has 210 valence electrons. The molecule has 3 aliphatic rings. The Hall–Kier alpha value is -2.30. The van der Waals surface area contributed by atoms with Gasteiger partial charge in [-0.1, -0.05) is 57.0 Å². The fraction of sp³-hybridized carbons (Fsp3) is 0.697. The number of hydrogen-bond acceptors (Lipinski definition) is 4. The second kappa shape index (κ2) is 11.8. The van der Waals surface area contributed by atoms with E-state index in [0.29, 0.717) is 30.3 Å². The number of fused-ring (bicyclic) bond motifs is 1. The third-order valence-electron chi connectivity index (χ3n) is 10.3. The molecule has 1 amide bonds. The van der Waals surface area contributed by atoms with E-state index in [-0.39, 0.29) is 16.8 Å². The number of nitrogens with zero attached hydrogens (tertiary/aromatic N) is 2. The van der Waals surface area contributed by atoms with Crippen LogP contribution in [0.15, 0.2) is 36.4 Å². The molecule has 1 heterocycles. The molecule has 5 nitrogen and oxygen atoms in total. The molecule has 1 saturated heterocycles. The minimum atomic E-state index is -0.293. The van der Waals surface area contributed by atoms with Gasteiger partial charge in [-0.3, -0.25) is 9.59 Å². The zero-order chi connectivity index (χ0) is 27.5. The first-order valence-corrected chi connectivity index (χ1v) is 15.0. The van der Waals surface area contributed by atoms with Gasteiger partial charge in [-0.25, -0.2) is 0 Å². The molecular formula is C33H50N2O3. The fourth-order valence-electron chi connectivity index (χ4n) is 8.02. The van der Waals surface area contributed by atoms with E-state index in [1.54, 1.807) is 0 Å². The summed E-state index contributed by atoms with van der Waals surface area (Å²) in [6.07, 6.45) is 8.56.